The molecule has 1 amide bonds. The van der Waals surface area contributed by atoms with E-state index in [0.717, 1.165) is 17.7 Å². The largest absolute Gasteiger partial charge is 0.465 e. The van der Waals surface area contributed by atoms with Gasteiger partial charge in [-0.25, -0.2) is 4.79 Å². The molecule has 0 bridgehead atoms. The second kappa shape index (κ2) is 4.57. The zero-order valence-electron chi connectivity index (χ0n) is 10.6. The number of hydrogen-bond acceptors (Lipinski definition) is 3. The summed E-state index contributed by atoms with van der Waals surface area (Å²) in [7, 11) is 0. The molecule has 0 radical (unpaired) electrons. The summed E-state index contributed by atoms with van der Waals surface area (Å²) in [5, 5.41) is 13.2. The summed E-state index contributed by atoms with van der Waals surface area (Å²) in [6.45, 7) is 1.04. The number of benzene rings is 1. The van der Waals surface area contributed by atoms with Crippen LogP contribution in [0.25, 0.3) is 0 Å². The Morgan fingerprint density at radius 3 is 2.58 bits per heavy atom. The fraction of sp³-hybridized carbons (Fsp3) is 0.429. The summed E-state index contributed by atoms with van der Waals surface area (Å²) in [6, 6.07) is 9.98. The summed E-state index contributed by atoms with van der Waals surface area (Å²) in [5.41, 5.74) is 1.75. The van der Waals surface area contributed by atoms with Gasteiger partial charge in [0.05, 0.1) is 5.71 Å². The van der Waals surface area contributed by atoms with E-state index in [0.29, 0.717) is 25.9 Å². The minimum atomic E-state index is -0.850. The van der Waals surface area contributed by atoms with Crippen molar-refractivity contribution < 1.29 is 14.7 Å². The lowest BCUT2D eigenvalue weighted by Gasteiger charge is -2.35. The summed E-state index contributed by atoms with van der Waals surface area (Å²) < 4.78 is 0. The molecule has 5 nitrogen and oxygen atoms in total. The molecule has 19 heavy (non-hydrogen) atoms. The van der Waals surface area contributed by atoms with Gasteiger partial charge in [-0.05, 0) is 5.56 Å². The van der Waals surface area contributed by atoms with Crippen LogP contribution in [-0.4, -0.2) is 40.5 Å². The number of hydrogen-bond donors (Lipinski definition) is 1. The van der Waals surface area contributed by atoms with E-state index in [4.69, 9.17) is 9.94 Å². The van der Waals surface area contributed by atoms with Crippen LogP contribution in [0.2, 0.25) is 0 Å². The maximum absolute atomic E-state index is 10.9. The van der Waals surface area contributed by atoms with Crippen molar-refractivity contribution in [2.75, 3.05) is 13.1 Å². The van der Waals surface area contributed by atoms with Gasteiger partial charge in [-0.15, -0.1) is 0 Å². The monoisotopic (exact) mass is 260 g/mol. The SMILES string of the molecule is O=C(O)N1CCC2(CC1)CC(c1ccccc1)=NO2. The Balaban J connectivity index is 1.67. The Morgan fingerprint density at radius 1 is 1.26 bits per heavy atom. The van der Waals surface area contributed by atoms with E-state index in [9.17, 15) is 4.79 Å². The highest BCUT2D eigenvalue weighted by Gasteiger charge is 2.43. The lowest BCUT2D eigenvalue weighted by Crippen LogP contribution is -2.46. The minimum absolute atomic E-state index is 0.295. The highest BCUT2D eigenvalue weighted by atomic mass is 16.7. The Bertz CT molecular complexity index is 505. The number of likely N-dealkylation sites (tertiary alicyclic amines) is 1. The Kier molecular flexibility index (Phi) is 2.89. The van der Waals surface area contributed by atoms with Gasteiger partial charge in [0, 0.05) is 32.4 Å². The number of nitrogens with zero attached hydrogens (tertiary/aromatic N) is 2. The molecule has 2 aliphatic rings. The zero-order valence-corrected chi connectivity index (χ0v) is 10.6. The number of rotatable bonds is 1. The minimum Gasteiger partial charge on any atom is -0.465 e. The second-order valence-electron chi connectivity index (χ2n) is 5.12. The molecule has 1 aromatic carbocycles. The van der Waals surface area contributed by atoms with Gasteiger partial charge >= 0.3 is 6.09 Å². The van der Waals surface area contributed by atoms with Crippen molar-refractivity contribution in [2.45, 2.75) is 24.9 Å². The third-order valence-corrected chi connectivity index (χ3v) is 3.89. The molecule has 100 valence electrons. The molecule has 2 aliphatic heterocycles. The van der Waals surface area contributed by atoms with E-state index >= 15 is 0 Å². The van der Waals surface area contributed by atoms with Crippen LogP contribution in [0.5, 0.6) is 0 Å². The van der Waals surface area contributed by atoms with Crippen molar-refractivity contribution in [3.8, 4) is 0 Å². The third kappa shape index (κ3) is 2.28. The summed E-state index contributed by atoms with van der Waals surface area (Å²) >= 11 is 0. The normalized spacial score (nSPS) is 21.1. The molecule has 1 N–H and O–H groups in total. The van der Waals surface area contributed by atoms with Gasteiger partial charge in [0.1, 0.15) is 5.60 Å². The van der Waals surface area contributed by atoms with E-state index in [-0.39, 0.29) is 5.60 Å². The first-order valence-corrected chi connectivity index (χ1v) is 6.47. The predicted octanol–water partition coefficient (Wildman–Crippen LogP) is 2.32. The number of amides is 1. The van der Waals surface area contributed by atoms with Crippen LogP contribution < -0.4 is 0 Å². The van der Waals surface area contributed by atoms with E-state index in [1.807, 2.05) is 30.3 Å². The van der Waals surface area contributed by atoms with Crippen LogP contribution in [0.1, 0.15) is 24.8 Å². The zero-order chi connectivity index (χ0) is 13.3. The number of carboxylic acid groups (broad SMARTS) is 1. The molecule has 3 rings (SSSR count). The third-order valence-electron chi connectivity index (χ3n) is 3.89. The molecule has 0 atom stereocenters. The van der Waals surface area contributed by atoms with E-state index < -0.39 is 6.09 Å². The van der Waals surface area contributed by atoms with E-state index in [2.05, 4.69) is 5.16 Å². The summed E-state index contributed by atoms with van der Waals surface area (Å²) in [6.07, 6.45) is 1.33. The molecular formula is C14H16N2O3. The average molecular weight is 260 g/mol. The molecular weight excluding hydrogens is 244 g/mol. The van der Waals surface area contributed by atoms with Gasteiger partial charge in [-0.1, -0.05) is 35.5 Å². The van der Waals surface area contributed by atoms with Crippen molar-refractivity contribution in [3.63, 3.8) is 0 Å². The summed E-state index contributed by atoms with van der Waals surface area (Å²) in [4.78, 5) is 18.0. The molecule has 1 aromatic rings. The van der Waals surface area contributed by atoms with Crippen molar-refractivity contribution in [2.24, 2.45) is 5.16 Å². The van der Waals surface area contributed by atoms with Crippen molar-refractivity contribution in [1.82, 2.24) is 4.90 Å². The van der Waals surface area contributed by atoms with Crippen LogP contribution in [0.3, 0.4) is 0 Å². The standard InChI is InChI=1S/C14H16N2O3/c17-13(18)16-8-6-14(7-9-16)10-12(15-19-14)11-4-2-1-3-5-11/h1-5H,6-10H2,(H,17,18). The maximum Gasteiger partial charge on any atom is 0.407 e. The molecule has 1 saturated heterocycles. The fourth-order valence-electron chi connectivity index (χ4n) is 2.68. The smallest absolute Gasteiger partial charge is 0.407 e. The summed E-state index contributed by atoms with van der Waals surface area (Å²) in [5.74, 6) is 0. The van der Waals surface area contributed by atoms with Crippen molar-refractivity contribution in [3.05, 3.63) is 35.9 Å². The highest BCUT2D eigenvalue weighted by molar-refractivity contribution is 6.01. The van der Waals surface area contributed by atoms with Crippen molar-refractivity contribution >= 4 is 11.8 Å². The lowest BCUT2D eigenvalue weighted by molar-refractivity contribution is -0.0576. The van der Waals surface area contributed by atoms with Gasteiger partial charge < -0.3 is 14.8 Å². The molecule has 0 aliphatic carbocycles. The molecule has 5 heteroatoms. The Hall–Kier alpha value is -2.04. The fourth-order valence-corrected chi connectivity index (χ4v) is 2.68. The van der Waals surface area contributed by atoms with Crippen LogP contribution in [0.4, 0.5) is 4.79 Å². The second-order valence-corrected chi connectivity index (χ2v) is 5.12. The molecule has 0 aromatic heterocycles. The molecule has 0 unspecified atom stereocenters. The predicted molar refractivity (Wildman–Crippen MR) is 70.2 cm³/mol. The number of piperidine rings is 1. The quantitative estimate of drug-likeness (QED) is 0.843. The van der Waals surface area contributed by atoms with Gasteiger partial charge in [0.2, 0.25) is 0 Å². The maximum atomic E-state index is 10.9. The van der Waals surface area contributed by atoms with E-state index in [1.165, 1.54) is 4.90 Å². The van der Waals surface area contributed by atoms with Crippen molar-refractivity contribution in [1.29, 1.82) is 0 Å². The van der Waals surface area contributed by atoms with Gasteiger partial charge in [-0.2, -0.15) is 0 Å². The van der Waals surface area contributed by atoms with Crippen LogP contribution in [-0.2, 0) is 4.84 Å². The van der Waals surface area contributed by atoms with Gasteiger partial charge in [0.25, 0.3) is 0 Å². The number of oxime groups is 1. The van der Waals surface area contributed by atoms with Crippen LogP contribution in [0, 0.1) is 0 Å². The Labute approximate surface area is 111 Å². The highest BCUT2D eigenvalue weighted by Crippen LogP contribution is 2.36. The Morgan fingerprint density at radius 2 is 1.95 bits per heavy atom. The average Bonchev–Trinajstić information content (AvgIpc) is 2.84. The molecule has 0 saturated carbocycles. The van der Waals surface area contributed by atoms with E-state index in [1.54, 1.807) is 0 Å². The number of carbonyl (C=O) groups is 1. The first kappa shape index (κ1) is 12.0. The first-order valence-electron chi connectivity index (χ1n) is 6.47. The lowest BCUT2D eigenvalue weighted by atomic mass is 9.85. The first-order chi connectivity index (χ1) is 9.19. The molecule has 1 fully saturated rings. The van der Waals surface area contributed by atoms with Crippen LogP contribution in [0.15, 0.2) is 35.5 Å². The topological polar surface area (TPSA) is 62.1 Å². The molecule has 2 heterocycles. The van der Waals surface area contributed by atoms with Crippen LogP contribution >= 0.6 is 0 Å². The molecule has 1 spiro atoms. The van der Waals surface area contributed by atoms with Gasteiger partial charge in [-0.3, -0.25) is 0 Å². The van der Waals surface area contributed by atoms with Gasteiger partial charge in [0.15, 0.2) is 0 Å².